The topological polar surface area (TPSA) is 29.1 Å². The molecule has 0 heterocycles. The maximum atomic E-state index is 12.1. The standard InChI is InChI=1S/C15H25NOS/c1-6-13(4)18(17)10-15(16-5)14-8-7-11(2)12(3)9-14/h7-9,13,15-16H,6,10H2,1-5H3. The molecule has 0 fully saturated rings. The van der Waals surface area contributed by atoms with E-state index in [1.807, 2.05) is 7.05 Å². The van der Waals surface area contributed by atoms with Gasteiger partial charge in [-0.05, 0) is 44.0 Å². The van der Waals surface area contributed by atoms with Crippen LogP contribution in [0.2, 0.25) is 0 Å². The summed E-state index contributed by atoms with van der Waals surface area (Å²) >= 11 is 0. The van der Waals surface area contributed by atoms with Crippen LogP contribution in [-0.4, -0.2) is 22.3 Å². The molecule has 2 nitrogen and oxygen atoms in total. The van der Waals surface area contributed by atoms with Gasteiger partial charge in [0.2, 0.25) is 0 Å². The summed E-state index contributed by atoms with van der Waals surface area (Å²) in [7, 11) is 1.17. The predicted octanol–water partition coefficient (Wildman–Crippen LogP) is 3.11. The molecule has 3 atom stereocenters. The van der Waals surface area contributed by atoms with Crippen LogP contribution in [0.3, 0.4) is 0 Å². The second kappa shape index (κ2) is 7.05. The van der Waals surface area contributed by atoms with Crippen molar-refractivity contribution in [3.05, 3.63) is 34.9 Å². The molecule has 0 saturated carbocycles. The Labute approximate surface area is 114 Å². The molecule has 0 bridgehead atoms. The molecular formula is C15H25NOS. The van der Waals surface area contributed by atoms with E-state index in [0.29, 0.717) is 5.75 Å². The molecule has 0 aliphatic carbocycles. The van der Waals surface area contributed by atoms with E-state index in [9.17, 15) is 4.21 Å². The summed E-state index contributed by atoms with van der Waals surface area (Å²) in [5.41, 5.74) is 3.83. The number of hydrogen-bond acceptors (Lipinski definition) is 2. The van der Waals surface area contributed by atoms with Gasteiger partial charge in [0.15, 0.2) is 0 Å². The summed E-state index contributed by atoms with van der Waals surface area (Å²) < 4.78 is 12.1. The SMILES string of the molecule is CCC(C)S(=O)CC(NC)c1ccc(C)c(C)c1. The van der Waals surface area contributed by atoms with Crippen LogP contribution in [0.1, 0.15) is 43.0 Å². The Kier molecular flexibility index (Phi) is 6.03. The summed E-state index contributed by atoms with van der Waals surface area (Å²) in [5.74, 6) is 0.688. The van der Waals surface area contributed by atoms with Crippen molar-refractivity contribution in [3.63, 3.8) is 0 Å². The van der Waals surface area contributed by atoms with E-state index in [0.717, 1.165) is 6.42 Å². The molecule has 0 spiro atoms. The van der Waals surface area contributed by atoms with E-state index in [4.69, 9.17) is 0 Å². The monoisotopic (exact) mass is 267 g/mol. The smallest absolute Gasteiger partial charge is 0.0434 e. The molecular weight excluding hydrogens is 242 g/mol. The Balaban J connectivity index is 2.83. The number of benzene rings is 1. The average molecular weight is 267 g/mol. The zero-order valence-corrected chi connectivity index (χ0v) is 12.9. The highest BCUT2D eigenvalue weighted by Crippen LogP contribution is 2.19. The van der Waals surface area contributed by atoms with Crippen LogP contribution in [0.15, 0.2) is 18.2 Å². The Bertz CT molecular complexity index is 417. The molecule has 102 valence electrons. The molecule has 1 aromatic carbocycles. The van der Waals surface area contributed by atoms with Crippen molar-refractivity contribution in [2.75, 3.05) is 12.8 Å². The molecule has 0 radical (unpaired) electrons. The first kappa shape index (κ1) is 15.4. The van der Waals surface area contributed by atoms with Crippen molar-refractivity contribution < 1.29 is 4.21 Å². The van der Waals surface area contributed by atoms with Crippen LogP contribution in [-0.2, 0) is 10.8 Å². The highest BCUT2D eigenvalue weighted by Gasteiger charge is 2.17. The second-order valence-corrected chi connectivity index (χ2v) is 6.85. The van der Waals surface area contributed by atoms with Crippen LogP contribution in [0.4, 0.5) is 0 Å². The molecule has 0 aliphatic heterocycles. The summed E-state index contributed by atoms with van der Waals surface area (Å²) in [5, 5.41) is 3.55. The molecule has 0 saturated heterocycles. The zero-order valence-electron chi connectivity index (χ0n) is 12.1. The van der Waals surface area contributed by atoms with Crippen molar-refractivity contribution in [1.29, 1.82) is 0 Å². The van der Waals surface area contributed by atoms with Gasteiger partial charge in [-0.3, -0.25) is 4.21 Å². The molecule has 3 unspecified atom stereocenters. The van der Waals surface area contributed by atoms with Crippen molar-refractivity contribution in [3.8, 4) is 0 Å². The van der Waals surface area contributed by atoms with Gasteiger partial charge >= 0.3 is 0 Å². The molecule has 3 heteroatoms. The highest BCUT2D eigenvalue weighted by atomic mass is 32.2. The number of nitrogens with one attached hydrogen (secondary N) is 1. The molecule has 0 aromatic heterocycles. The minimum Gasteiger partial charge on any atom is -0.312 e. The Morgan fingerprint density at radius 2 is 1.94 bits per heavy atom. The largest absolute Gasteiger partial charge is 0.312 e. The number of aryl methyl sites for hydroxylation is 2. The lowest BCUT2D eigenvalue weighted by molar-refractivity contribution is 0.627. The van der Waals surface area contributed by atoms with Crippen LogP contribution in [0, 0.1) is 13.8 Å². The van der Waals surface area contributed by atoms with E-state index in [-0.39, 0.29) is 11.3 Å². The number of rotatable bonds is 6. The number of hydrogen-bond donors (Lipinski definition) is 1. The van der Waals surface area contributed by atoms with Gasteiger partial charge in [0.1, 0.15) is 0 Å². The minimum absolute atomic E-state index is 0.180. The van der Waals surface area contributed by atoms with Crippen LogP contribution in [0.25, 0.3) is 0 Å². The fourth-order valence-corrected chi connectivity index (χ4v) is 3.23. The lowest BCUT2D eigenvalue weighted by Gasteiger charge is -2.19. The normalized spacial score (nSPS) is 16.3. The third-order valence-electron chi connectivity index (χ3n) is 3.64. The van der Waals surface area contributed by atoms with Crippen LogP contribution >= 0.6 is 0 Å². The first-order valence-electron chi connectivity index (χ1n) is 6.61. The average Bonchev–Trinajstić information content (AvgIpc) is 2.38. The van der Waals surface area contributed by atoms with E-state index in [1.165, 1.54) is 16.7 Å². The van der Waals surface area contributed by atoms with Crippen LogP contribution in [0.5, 0.6) is 0 Å². The first-order chi connectivity index (χ1) is 8.49. The van der Waals surface area contributed by atoms with Crippen LogP contribution < -0.4 is 5.32 Å². The van der Waals surface area contributed by atoms with Gasteiger partial charge in [-0.25, -0.2) is 0 Å². The Morgan fingerprint density at radius 3 is 2.44 bits per heavy atom. The zero-order chi connectivity index (χ0) is 13.7. The van der Waals surface area contributed by atoms with Crippen molar-refractivity contribution in [2.24, 2.45) is 0 Å². The van der Waals surface area contributed by atoms with Gasteiger partial charge in [0, 0.05) is 27.8 Å². The molecule has 1 rings (SSSR count). The summed E-state index contributed by atoms with van der Waals surface area (Å²) in [4.78, 5) is 0. The van der Waals surface area contributed by atoms with Crippen molar-refractivity contribution in [1.82, 2.24) is 5.32 Å². The van der Waals surface area contributed by atoms with E-state index >= 15 is 0 Å². The van der Waals surface area contributed by atoms with Crippen molar-refractivity contribution in [2.45, 2.75) is 45.4 Å². The van der Waals surface area contributed by atoms with Crippen molar-refractivity contribution >= 4 is 10.8 Å². The summed E-state index contributed by atoms with van der Waals surface area (Å²) in [6.07, 6.45) is 0.968. The fourth-order valence-electron chi connectivity index (χ4n) is 1.84. The quantitative estimate of drug-likeness (QED) is 0.858. The summed E-state index contributed by atoms with van der Waals surface area (Å²) in [6.45, 7) is 8.39. The predicted molar refractivity (Wildman–Crippen MR) is 80.5 cm³/mol. The highest BCUT2D eigenvalue weighted by molar-refractivity contribution is 7.85. The molecule has 1 aromatic rings. The lowest BCUT2D eigenvalue weighted by Crippen LogP contribution is -2.26. The maximum absolute atomic E-state index is 12.1. The fraction of sp³-hybridized carbons (Fsp3) is 0.600. The van der Waals surface area contributed by atoms with Gasteiger partial charge in [-0.1, -0.05) is 32.0 Å². The lowest BCUT2D eigenvalue weighted by atomic mass is 10.0. The van der Waals surface area contributed by atoms with Gasteiger partial charge in [0.05, 0.1) is 0 Å². The summed E-state index contributed by atoms with van der Waals surface area (Å²) in [6, 6.07) is 6.65. The molecule has 0 amide bonds. The Morgan fingerprint density at radius 1 is 1.28 bits per heavy atom. The van der Waals surface area contributed by atoms with Gasteiger partial charge < -0.3 is 5.32 Å². The van der Waals surface area contributed by atoms with Gasteiger partial charge in [0.25, 0.3) is 0 Å². The van der Waals surface area contributed by atoms with E-state index in [1.54, 1.807) is 0 Å². The van der Waals surface area contributed by atoms with Gasteiger partial charge in [-0.2, -0.15) is 0 Å². The van der Waals surface area contributed by atoms with E-state index in [2.05, 4.69) is 51.2 Å². The molecule has 0 aliphatic rings. The molecule has 1 N–H and O–H groups in total. The third kappa shape index (κ3) is 3.92. The third-order valence-corrected chi connectivity index (χ3v) is 5.53. The minimum atomic E-state index is -0.770. The maximum Gasteiger partial charge on any atom is 0.0434 e. The van der Waals surface area contributed by atoms with Gasteiger partial charge in [-0.15, -0.1) is 0 Å². The van der Waals surface area contributed by atoms with E-state index < -0.39 is 10.8 Å². The molecule has 18 heavy (non-hydrogen) atoms. The first-order valence-corrected chi connectivity index (χ1v) is 7.99. The Hall–Kier alpha value is -0.670. The second-order valence-electron chi connectivity index (χ2n) is 4.95.